The van der Waals surface area contributed by atoms with Crippen molar-refractivity contribution in [3.05, 3.63) is 54.1 Å². The fourth-order valence-corrected chi connectivity index (χ4v) is 3.62. The number of para-hydroxylation sites is 2. The summed E-state index contributed by atoms with van der Waals surface area (Å²) in [6.45, 7) is 4.15. The number of amides is 1. The third-order valence-corrected chi connectivity index (χ3v) is 5.14. The number of nitrogens with zero attached hydrogens (tertiary/aromatic N) is 2. The first kappa shape index (κ1) is 17.7. The molecule has 1 amide bonds. The molecule has 1 atom stereocenters. The molecule has 2 aromatic carbocycles. The van der Waals surface area contributed by atoms with Gasteiger partial charge >= 0.3 is 0 Å². The first-order chi connectivity index (χ1) is 13.2. The van der Waals surface area contributed by atoms with Gasteiger partial charge in [-0.1, -0.05) is 24.3 Å². The molecule has 1 aromatic heterocycles. The van der Waals surface area contributed by atoms with Crippen LogP contribution < -0.4 is 0 Å². The number of nitrogens with one attached hydrogen (secondary N) is 1. The second-order valence-electron chi connectivity index (χ2n) is 7.02. The molecule has 1 saturated heterocycles. The number of likely N-dealkylation sites (N-methyl/N-ethyl adjacent to an activating group) is 1. The molecule has 1 aliphatic heterocycles. The van der Waals surface area contributed by atoms with E-state index in [0.717, 1.165) is 41.9 Å². The Kier molecular flexibility index (Phi) is 5.21. The van der Waals surface area contributed by atoms with Crippen LogP contribution in [0.3, 0.4) is 0 Å². The van der Waals surface area contributed by atoms with Crippen molar-refractivity contribution in [2.75, 3.05) is 19.7 Å². The Labute approximate surface area is 159 Å². The second-order valence-corrected chi connectivity index (χ2v) is 7.02. The van der Waals surface area contributed by atoms with Crippen LogP contribution in [-0.2, 0) is 4.74 Å². The first-order valence-electron chi connectivity index (χ1n) is 9.70. The van der Waals surface area contributed by atoms with Gasteiger partial charge in [0, 0.05) is 30.8 Å². The summed E-state index contributed by atoms with van der Waals surface area (Å²) in [7, 11) is 0. The predicted molar refractivity (Wildman–Crippen MR) is 107 cm³/mol. The molecule has 4 rings (SSSR count). The van der Waals surface area contributed by atoms with E-state index in [0.29, 0.717) is 18.7 Å². The molecule has 5 nitrogen and oxygen atoms in total. The minimum atomic E-state index is 0.0460. The van der Waals surface area contributed by atoms with E-state index in [1.807, 2.05) is 60.4 Å². The zero-order valence-corrected chi connectivity index (χ0v) is 15.6. The number of rotatable bonds is 5. The summed E-state index contributed by atoms with van der Waals surface area (Å²) in [6.07, 6.45) is 3.48. The number of carbonyl (C=O) groups excluding carboxylic acids is 1. The van der Waals surface area contributed by atoms with Gasteiger partial charge in [-0.3, -0.25) is 4.79 Å². The van der Waals surface area contributed by atoms with E-state index in [2.05, 4.69) is 9.97 Å². The minimum Gasteiger partial charge on any atom is -0.376 e. The van der Waals surface area contributed by atoms with E-state index < -0.39 is 0 Å². The number of benzene rings is 2. The largest absolute Gasteiger partial charge is 0.376 e. The lowest BCUT2D eigenvalue weighted by Crippen LogP contribution is -2.39. The number of hydrogen-bond donors (Lipinski definition) is 1. The number of aromatic nitrogens is 2. The second kappa shape index (κ2) is 7.92. The van der Waals surface area contributed by atoms with Crippen molar-refractivity contribution in [3.63, 3.8) is 0 Å². The zero-order chi connectivity index (χ0) is 18.6. The fraction of sp³-hybridized carbons (Fsp3) is 0.364. The molecule has 1 fully saturated rings. The van der Waals surface area contributed by atoms with E-state index in [9.17, 15) is 4.79 Å². The van der Waals surface area contributed by atoms with Gasteiger partial charge in [-0.2, -0.15) is 0 Å². The zero-order valence-electron chi connectivity index (χ0n) is 15.6. The molecule has 0 saturated carbocycles. The molecule has 140 valence electrons. The fourth-order valence-electron chi connectivity index (χ4n) is 3.62. The Balaban J connectivity index is 1.55. The van der Waals surface area contributed by atoms with Gasteiger partial charge in [0.05, 0.1) is 17.1 Å². The van der Waals surface area contributed by atoms with Crippen molar-refractivity contribution < 1.29 is 9.53 Å². The Bertz CT molecular complexity index is 895. The van der Waals surface area contributed by atoms with Crippen LogP contribution in [0.25, 0.3) is 22.4 Å². The summed E-state index contributed by atoms with van der Waals surface area (Å²) in [5.74, 6) is 0.828. The smallest absolute Gasteiger partial charge is 0.253 e. The van der Waals surface area contributed by atoms with Crippen molar-refractivity contribution in [1.29, 1.82) is 0 Å². The van der Waals surface area contributed by atoms with Crippen molar-refractivity contribution in [1.82, 2.24) is 14.9 Å². The van der Waals surface area contributed by atoms with Gasteiger partial charge in [0.15, 0.2) is 0 Å². The Morgan fingerprint density at radius 2 is 2.11 bits per heavy atom. The number of carbonyl (C=O) groups is 1. The average Bonchev–Trinajstić information content (AvgIpc) is 3.17. The maximum absolute atomic E-state index is 13.0. The number of H-pyrrole nitrogens is 1. The van der Waals surface area contributed by atoms with Gasteiger partial charge in [0.2, 0.25) is 0 Å². The monoisotopic (exact) mass is 363 g/mol. The Morgan fingerprint density at radius 3 is 2.89 bits per heavy atom. The SMILES string of the molecule is CCN(CC1CCCCO1)C(=O)c1cccc(-c2nc3ccccc3[nH]2)c1. The predicted octanol–water partition coefficient (Wildman–Crippen LogP) is 4.26. The summed E-state index contributed by atoms with van der Waals surface area (Å²) in [4.78, 5) is 22.9. The first-order valence-corrected chi connectivity index (χ1v) is 9.70. The number of ether oxygens (including phenoxy) is 1. The molecule has 1 aliphatic rings. The number of imidazole rings is 1. The molecular formula is C22H25N3O2. The Morgan fingerprint density at radius 1 is 1.22 bits per heavy atom. The van der Waals surface area contributed by atoms with E-state index in [4.69, 9.17) is 4.74 Å². The quantitative estimate of drug-likeness (QED) is 0.737. The highest BCUT2D eigenvalue weighted by atomic mass is 16.5. The standard InChI is InChI=1S/C22H25N3O2/c1-2-25(15-18-10-5-6-13-27-18)22(26)17-9-7-8-16(14-17)21-23-19-11-3-4-12-20(19)24-21/h3-4,7-9,11-12,14,18H,2,5-6,10,13,15H2,1H3,(H,23,24). The van der Waals surface area contributed by atoms with Crippen molar-refractivity contribution in [2.45, 2.75) is 32.3 Å². The van der Waals surface area contributed by atoms with Crippen molar-refractivity contribution >= 4 is 16.9 Å². The number of fused-ring (bicyclic) bond motifs is 1. The van der Waals surface area contributed by atoms with E-state index in [1.54, 1.807) is 0 Å². The lowest BCUT2D eigenvalue weighted by molar-refractivity contribution is -0.00311. The molecule has 3 aromatic rings. The van der Waals surface area contributed by atoms with Crippen LogP contribution in [0.4, 0.5) is 0 Å². The molecule has 0 bridgehead atoms. The van der Waals surface area contributed by atoms with Crippen molar-refractivity contribution in [2.24, 2.45) is 0 Å². The lowest BCUT2D eigenvalue weighted by Gasteiger charge is -2.29. The average molecular weight is 363 g/mol. The molecule has 0 radical (unpaired) electrons. The van der Waals surface area contributed by atoms with Gasteiger partial charge in [-0.15, -0.1) is 0 Å². The molecular weight excluding hydrogens is 338 g/mol. The van der Waals surface area contributed by atoms with Crippen LogP contribution >= 0.6 is 0 Å². The van der Waals surface area contributed by atoms with Crippen LogP contribution in [0.5, 0.6) is 0 Å². The van der Waals surface area contributed by atoms with Crippen LogP contribution in [-0.4, -0.2) is 46.6 Å². The summed E-state index contributed by atoms with van der Waals surface area (Å²) in [6, 6.07) is 15.6. The molecule has 27 heavy (non-hydrogen) atoms. The summed E-state index contributed by atoms with van der Waals surface area (Å²) >= 11 is 0. The van der Waals surface area contributed by atoms with Crippen LogP contribution in [0.2, 0.25) is 0 Å². The van der Waals surface area contributed by atoms with Crippen LogP contribution in [0, 0.1) is 0 Å². The molecule has 1 N–H and O–H groups in total. The van der Waals surface area contributed by atoms with Gasteiger partial charge in [-0.05, 0) is 50.5 Å². The highest BCUT2D eigenvalue weighted by molar-refractivity contribution is 5.95. The minimum absolute atomic E-state index is 0.0460. The molecule has 1 unspecified atom stereocenters. The highest BCUT2D eigenvalue weighted by Gasteiger charge is 2.21. The third kappa shape index (κ3) is 3.88. The molecule has 2 heterocycles. The van der Waals surface area contributed by atoms with Gasteiger partial charge in [0.25, 0.3) is 5.91 Å². The topological polar surface area (TPSA) is 58.2 Å². The van der Waals surface area contributed by atoms with Gasteiger partial charge in [0.1, 0.15) is 5.82 Å². The lowest BCUT2D eigenvalue weighted by atomic mass is 10.1. The molecule has 0 spiro atoms. The van der Waals surface area contributed by atoms with Crippen LogP contribution in [0.15, 0.2) is 48.5 Å². The highest BCUT2D eigenvalue weighted by Crippen LogP contribution is 2.22. The number of hydrogen-bond acceptors (Lipinski definition) is 3. The maximum Gasteiger partial charge on any atom is 0.253 e. The molecule has 0 aliphatic carbocycles. The molecule has 5 heteroatoms. The maximum atomic E-state index is 13.0. The van der Waals surface area contributed by atoms with E-state index in [1.165, 1.54) is 6.42 Å². The summed E-state index contributed by atoms with van der Waals surface area (Å²) in [5, 5.41) is 0. The van der Waals surface area contributed by atoms with Gasteiger partial charge < -0.3 is 14.6 Å². The normalized spacial score (nSPS) is 17.1. The van der Waals surface area contributed by atoms with E-state index in [-0.39, 0.29) is 12.0 Å². The summed E-state index contributed by atoms with van der Waals surface area (Å²) < 4.78 is 5.81. The Hall–Kier alpha value is -2.66. The van der Waals surface area contributed by atoms with E-state index >= 15 is 0 Å². The van der Waals surface area contributed by atoms with Gasteiger partial charge in [-0.25, -0.2) is 4.98 Å². The number of aromatic amines is 1. The van der Waals surface area contributed by atoms with Crippen molar-refractivity contribution in [3.8, 4) is 11.4 Å². The van der Waals surface area contributed by atoms with Crippen LogP contribution in [0.1, 0.15) is 36.5 Å². The summed E-state index contributed by atoms with van der Waals surface area (Å²) in [5.41, 5.74) is 3.52. The third-order valence-electron chi connectivity index (χ3n) is 5.14.